The Balaban J connectivity index is 2.20. The van der Waals surface area contributed by atoms with Crippen LogP contribution >= 0.6 is 11.6 Å². The standard InChI is InChI=1S/C10H13ClFN3/c1-7-9(12)10(14-6-13-7)15-3-2-8(4-11)5-15/h6,8H,2-5H2,1H3. The molecule has 1 aromatic rings. The number of anilines is 1. The Morgan fingerprint density at radius 2 is 2.40 bits per heavy atom. The third kappa shape index (κ3) is 2.04. The highest BCUT2D eigenvalue weighted by Crippen LogP contribution is 2.25. The molecule has 1 atom stereocenters. The van der Waals surface area contributed by atoms with Crippen LogP contribution in [0.5, 0.6) is 0 Å². The van der Waals surface area contributed by atoms with E-state index in [0.29, 0.717) is 23.3 Å². The van der Waals surface area contributed by atoms with Crippen molar-refractivity contribution in [2.24, 2.45) is 5.92 Å². The van der Waals surface area contributed by atoms with E-state index in [1.807, 2.05) is 4.90 Å². The normalized spacial score (nSPS) is 21.0. The molecule has 1 aliphatic rings. The van der Waals surface area contributed by atoms with Gasteiger partial charge in [-0.2, -0.15) is 0 Å². The lowest BCUT2D eigenvalue weighted by Crippen LogP contribution is -2.23. The quantitative estimate of drug-likeness (QED) is 0.727. The van der Waals surface area contributed by atoms with Crippen LogP contribution in [-0.4, -0.2) is 28.9 Å². The van der Waals surface area contributed by atoms with Crippen molar-refractivity contribution in [2.75, 3.05) is 23.9 Å². The Hall–Kier alpha value is -0.900. The molecule has 0 radical (unpaired) electrons. The SMILES string of the molecule is Cc1ncnc(N2CCC(CCl)C2)c1F. The van der Waals surface area contributed by atoms with Gasteiger partial charge in [0.05, 0.1) is 5.69 Å². The number of aromatic nitrogens is 2. The third-order valence-electron chi connectivity index (χ3n) is 2.75. The van der Waals surface area contributed by atoms with Crippen LogP contribution in [0.2, 0.25) is 0 Å². The summed E-state index contributed by atoms with van der Waals surface area (Å²) in [4.78, 5) is 9.74. The van der Waals surface area contributed by atoms with E-state index in [0.717, 1.165) is 19.5 Å². The highest BCUT2D eigenvalue weighted by atomic mass is 35.5. The topological polar surface area (TPSA) is 29.0 Å². The molecule has 1 aromatic heterocycles. The van der Waals surface area contributed by atoms with Gasteiger partial charge in [-0.1, -0.05) is 0 Å². The first-order valence-electron chi connectivity index (χ1n) is 5.00. The van der Waals surface area contributed by atoms with Gasteiger partial charge in [-0.05, 0) is 19.3 Å². The molecule has 5 heteroatoms. The minimum absolute atomic E-state index is 0.312. The zero-order valence-corrected chi connectivity index (χ0v) is 9.34. The molecule has 1 unspecified atom stereocenters. The lowest BCUT2D eigenvalue weighted by atomic mass is 10.2. The van der Waals surface area contributed by atoms with Crippen molar-refractivity contribution in [1.29, 1.82) is 0 Å². The predicted octanol–water partition coefficient (Wildman–Crippen LogP) is 1.99. The maximum Gasteiger partial charge on any atom is 0.186 e. The van der Waals surface area contributed by atoms with Gasteiger partial charge in [-0.15, -0.1) is 11.6 Å². The first-order chi connectivity index (χ1) is 7.22. The second kappa shape index (κ2) is 4.31. The molecule has 0 aliphatic carbocycles. The van der Waals surface area contributed by atoms with E-state index in [9.17, 15) is 4.39 Å². The van der Waals surface area contributed by atoms with Gasteiger partial charge in [-0.3, -0.25) is 0 Å². The molecule has 1 saturated heterocycles. The fraction of sp³-hybridized carbons (Fsp3) is 0.600. The lowest BCUT2D eigenvalue weighted by molar-refractivity contribution is 0.594. The third-order valence-corrected chi connectivity index (χ3v) is 3.19. The molecule has 15 heavy (non-hydrogen) atoms. The summed E-state index contributed by atoms with van der Waals surface area (Å²) in [7, 11) is 0. The second-order valence-electron chi connectivity index (χ2n) is 3.85. The van der Waals surface area contributed by atoms with E-state index in [-0.39, 0.29) is 5.82 Å². The monoisotopic (exact) mass is 229 g/mol. The fourth-order valence-electron chi connectivity index (χ4n) is 1.82. The van der Waals surface area contributed by atoms with Crippen LogP contribution in [-0.2, 0) is 0 Å². The Labute approximate surface area is 93.3 Å². The van der Waals surface area contributed by atoms with Gasteiger partial charge in [0.1, 0.15) is 6.33 Å². The highest BCUT2D eigenvalue weighted by Gasteiger charge is 2.25. The van der Waals surface area contributed by atoms with E-state index < -0.39 is 0 Å². The summed E-state index contributed by atoms with van der Waals surface area (Å²) in [5, 5.41) is 0. The van der Waals surface area contributed by atoms with Crippen molar-refractivity contribution in [3.8, 4) is 0 Å². The number of nitrogens with zero attached hydrogens (tertiary/aromatic N) is 3. The summed E-state index contributed by atoms with van der Waals surface area (Å²) in [6, 6.07) is 0. The van der Waals surface area contributed by atoms with Gasteiger partial charge in [0.25, 0.3) is 0 Å². The van der Waals surface area contributed by atoms with Gasteiger partial charge in [0.15, 0.2) is 11.6 Å². The maximum absolute atomic E-state index is 13.7. The van der Waals surface area contributed by atoms with Crippen molar-refractivity contribution >= 4 is 17.4 Å². The number of hydrogen-bond acceptors (Lipinski definition) is 3. The number of halogens is 2. The zero-order valence-electron chi connectivity index (χ0n) is 8.58. The average molecular weight is 230 g/mol. The molecule has 1 aliphatic heterocycles. The summed E-state index contributed by atoms with van der Waals surface area (Å²) in [5.74, 6) is 1.17. The fourth-order valence-corrected chi connectivity index (χ4v) is 2.07. The van der Waals surface area contributed by atoms with Crippen molar-refractivity contribution in [3.63, 3.8) is 0 Å². The Bertz CT molecular complexity index is 359. The van der Waals surface area contributed by atoms with E-state index in [4.69, 9.17) is 11.6 Å². The summed E-state index contributed by atoms with van der Waals surface area (Å²) in [5.41, 5.74) is 0.398. The van der Waals surface area contributed by atoms with Gasteiger partial charge < -0.3 is 4.90 Å². The van der Waals surface area contributed by atoms with Crippen molar-refractivity contribution in [1.82, 2.24) is 9.97 Å². The molecular formula is C10H13ClFN3. The van der Waals surface area contributed by atoms with Crippen LogP contribution in [0.3, 0.4) is 0 Å². The summed E-state index contributed by atoms with van der Waals surface area (Å²) >= 11 is 5.78. The van der Waals surface area contributed by atoms with Gasteiger partial charge in [0, 0.05) is 19.0 Å². The largest absolute Gasteiger partial charge is 0.354 e. The Kier molecular flexibility index (Phi) is 3.05. The number of aryl methyl sites for hydroxylation is 1. The molecule has 3 nitrogen and oxygen atoms in total. The molecule has 0 amide bonds. The minimum atomic E-state index is -0.312. The average Bonchev–Trinajstić information content (AvgIpc) is 2.70. The molecule has 2 heterocycles. The predicted molar refractivity (Wildman–Crippen MR) is 57.8 cm³/mol. The van der Waals surface area contributed by atoms with Gasteiger partial charge >= 0.3 is 0 Å². The second-order valence-corrected chi connectivity index (χ2v) is 4.16. The first kappa shape index (κ1) is 10.6. The molecule has 0 spiro atoms. The van der Waals surface area contributed by atoms with Crippen LogP contribution in [0.4, 0.5) is 10.2 Å². The lowest BCUT2D eigenvalue weighted by Gasteiger charge is -2.17. The van der Waals surface area contributed by atoms with Gasteiger partial charge in [0.2, 0.25) is 0 Å². The van der Waals surface area contributed by atoms with E-state index in [2.05, 4.69) is 9.97 Å². The smallest absolute Gasteiger partial charge is 0.186 e. The molecule has 0 bridgehead atoms. The summed E-state index contributed by atoms with van der Waals surface area (Å²) in [6.07, 6.45) is 2.41. The molecular weight excluding hydrogens is 217 g/mol. The first-order valence-corrected chi connectivity index (χ1v) is 5.54. The van der Waals surface area contributed by atoms with Crippen LogP contribution in [0.15, 0.2) is 6.33 Å². The molecule has 0 aromatic carbocycles. The number of rotatable bonds is 2. The summed E-state index contributed by atoms with van der Waals surface area (Å²) in [6.45, 7) is 3.26. The number of alkyl halides is 1. The van der Waals surface area contributed by atoms with E-state index in [1.54, 1.807) is 6.92 Å². The molecule has 82 valence electrons. The summed E-state index contributed by atoms with van der Waals surface area (Å²) < 4.78 is 13.7. The maximum atomic E-state index is 13.7. The van der Waals surface area contributed by atoms with Crippen LogP contribution in [0.1, 0.15) is 12.1 Å². The molecule has 2 rings (SSSR count). The Morgan fingerprint density at radius 3 is 3.07 bits per heavy atom. The molecule has 1 fully saturated rings. The molecule has 0 N–H and O–H groups in total. The van der Waals surface area contributed by atoms with Crippen molar-refractivity contribution < 1.29 is 4.39 Å². The Morgan fingerprint density at radius 1 is 1.60 bits per heavy atom. The van der Waals surface area contributed by atoms with Crippen LogP contribution < -0.4 is 4.90 Å². The van der Waals surface area contributed by atoms with Crippen molar-refractivity contribution in [3.05, 3.63) is 17.8 Å². The zero-order chi connectivity index (χ0) is 10.8. The number of hydrogen-bond donors (Lipinski definition) is 0. The van der Waals surface area contributed by atoms with Crippen LogP contribution in [0.25, 0.3) is 0 Å². The van der Waals surface area contributed by atoms with Gasteiger partial charge in [-0.25, -0.2) is 14.4 Å². The van der Waals surface area contributed by atoms with E-state index in [1.165, 1.54) is 6.33 Å². The van der Waals surface area contributed by atoms with E-state index >= 15 is 0 Å². The highest BCUT2D eigenvalue weighted by molar-refractivity contribution is 6.18. The molecule has 0 saturated carbocycles. The van der Waals surface area contributed by atoms with Crippen molar-refractivity contribution in [2.45, 2.75) is 13.3 Å². The minimum Gasteiger partial charge on any atom is -0.354 e. The van der Waals surface area contributed by atoms with Crippen LogP contribution in [0, 0.1) is 18.7 Å².